The second-order valence-electron chi connectivity index (χ2n) is 7.33. The number of ether oxygens (including phenoxy) is 2. The van der Waals surface area contributed by atoms with Gasteiger partial charge in [-0.15, -0.1) is 0 Å². The van der Waals surface area contributed by atoms with Gasteiger partial charge in [0.1, 0.15) is 9.84 Å². The molecule has 0 fully saturated rings. The molecular weight excluding hydrogens is 434 g/mol. The Labute approximate surface area is 184 Å². The van der Waals surface area contributed by atoms with Crippen LogP contribution >= 0.6 is 0 Å². The smallest absolute Gasteiger partial charge is 0.328 e. The molecule has 1 aromatic carbocycles. The maximum atomic E-state index is 13.0. The van der Waals surface area contributed by atoms with Crippen molar-refractivity contribution >= 4 is 21.0 Å². The number of nitrogens with one attached hydrogen (secondary N) is 2. The highest BCUT2D eigenvalue weighted by atomic mass is 32.2. The van der Waals surface area contributed by atoms with E-state index in [0.29, 0.717) is 34.8 Å². The summed E-state index contributed by atoms with van der Waals surface area (Å²) >= 11 is 0. The minimum atomic E-state index is -3.45. The summed E-state index contributed by atoms with van der Waals surface area (Å²) in [6, 6.07) is 6.08. The van der Waals surface area contributed by atoms with E-state index in [9.17, 15) is 13.2 Å². The van der Waals surface area contributed by atoms with E-state index in [1.807, 2.05) is 6.92 Å². The molecule has 0 amide bonds. The lowest BCUT2D eigenvalue weighted by molar-refractivity contribution is 0.310. The summed E-state index contributed by atoms with van der Waals surface area (Å²) in [6.07, 6.45) is 6.12. The van der Waals surface area contributed by atoms with Crippen LogP contribution in [0.25, 0.3) is 22.3 Å². The molecule has 1 atom stereocenters. The molecule has 0 saturated carbocycles. The summed E-state index contributed by atoms with van der Waals surface area (Å²) in [5.74, 6) is 0.695. The average Bonchev–Trinajstić information content (AvgIpc) is 3.38. The molecule has 11 heteroatoms. The van der Waals surface area contributed by atoms with E-state index in [2.05, 4.69) is 20.2 Å². The zero-order valence-electron chi connectivity index (χ0n) is 17.8. The molecule has 0 unspecified atom stereocenters. The first-order chi connectivity index (χ1) is 15.3. The fourth-order valence-corrected chi connectivity index (χ4v) is 4.56. The number of benzene rings is 1. The molecule has 32 heavy (non-hydrogen) atoms. The van der Waals surface area contributed by atoms with Crippen molar-refractivity contribution in [2.24, 2.45) is 0 Å². The number of nitrogens with zero attached hydrogens (tertiary/aromatic N) is 3. The van der Waals surface area contributed by atoms with Gasteiger partial charge in [-0.2, -0.15) is 5.10 Å². The predicted octanol–water partition coefficient (Wildman–Crippen LogP) is 2.16. The van der Waals surface area contributed by atoms with Crippen LogP contribution in [0.4, 0.5) is 0 Å². The Bertz CT molecular complexity index is 1410. The lowest BCUT2D eigenvalue weighted by atomic mass is 10.1. The molecule has 0 aliphatic rings. The number of hydrogen-bond donors (Lipinski definition) is 2. The van der Waals surface area contributed by atoms with Crippen LogP contribution < -0.4 is 15.2 Å². The van der Waals surface area contributed by atoms with Crippen molar-refractivity contribution in [3.8, 4) is 22.6 Å². The van der Waals surface area contributed by atoms with Gasteiger partial charge in [-0.3, -0.25) is 9.67 Å². The standard InChI is InChI=1S/C21H23N5O5S/c1-4-31-19-8-13(5-6-18(19)30-2)17(12-32(3,28)29)26-20-16(25-21(26)27)7-14(9-22-20)15-10-23-24-11-15/h5-11,17H,4,12H2,1-3H3,(H,23,24)(H,25,27)/t17-/m1/s1. The first-order valence-electron chi connectivity index (χ1n) is 9.88. The monoisotopic (exact) mass is 457 g/mol. The minimum absolute atomic E-state index is 0.289. The second-order valence-corrected chi connectivity index (χ2v) is 9.52. The molecule has 4 aromatic rings. The Balaban J connectivity index is 1.88. The molecule has 3 heterocycles. The summed E-state index contributed by atoms with van der Waals surface area (Å²) < 4.78 is 36.9. The van der Waals surface area contributed by atoms with Gasteiger partial charge in [0.05, 0.1) is 37.2 Å². The number of methoxy groups -OCH3 is 1. The third-order valence-electron chi connectivity index (χ3n) is 5.03. The molecule has 0 bridgehead atoms. The largest absolute Gasteiger partial charge is 0.493 e. The number of rotatable bonds is 8. The summed E-state index contributed by atoms with van der Waals surface area (Å²) in [5.41, 5.74) is 2.55. The van der Waals surface area contributed by atoms with E-state index in [1.165, 1.54) is 11.7 Å². The highest BCUT2D eigenvalue weighted by Crippen LogP contribution is 2.33. The maximum absolute atomic E-state index is 13.0. The SMILES string of the molecule is CCOc1cc([C@@H](CS(C)(=O)=O)n2c(=O)[nH]c3cc(-c4cn[nH]c4)cnc32)ccc1OC. The van der Waals surface area contributed by atoms with Crippen molar-refractivity contribution in [2.45, 2.75) is 13.0 Å². The van der Waals surface area contributed by atoms with Gasteiger partial charge in [0.2, 0.25) is 0 Å². The number of aromatic nitrogens is 5. The lowest BCUT2D eigenvalue weighted by Gasteiger charge is -2.20. The normalized spacial score (nSPS) is 12.7. The summed E-state index contributed by atoms with van der Waals surface area (Å²) in [6.45, 7) is 2.24. The van der Waals surface area contributed by atoms with Crippen molar-refractivity contribution in [1.29, 1.82) is 0 Å². The zero-order chi connectivity index (χ0) is 22.9. The molecule has 0 spiro atoms. The van der Waals surface area contributed by atoms with E-state index in [0.717, 1.165) is 17.4 Å². The van der Waals surface area contributed by atoms with Gasteiger partial charge in [-0.05, 0) is 30.7 Å². The lowest BCUT2D eigenvalue weighted by Crippen LogP contribution is -2.28. The summed E-state index contributed by atoms with van der Waals surface area (Å²) in [7, 11) is -1.93. The van der Waals surface area contributed by atoms with Crippen molar-refractivity contribution in [3.05, 3.63) is 58.9 Å². The van der Waals surface area contributed by atoms with Crippen molar-refractivity contribution in [1.82, 2.24) is 24.7 Å². The van der Waals surface area contributed by atoms with E-state index in [4.69, 9.17) is 9.47 Å². The fraction of sp³-hybridized carbons (Fsp3) is 0.286. The second kappa shape index (κ2) is 8.50. The van der Waals surface area contributed by atoms with Gasteiger partial charge >= 0.3 is 5.69 Å². The Kier molecular flexibility index (Phi) is 5.74. The molecule has 0 aliphatic carbocycles. The van der Waals surface area contributed by atoms with Crippen LogP contribution in [0.3, 0.4) is 0 Å². The van der Waals surface area contributed by atoms with Crippen LogP contribution in [0, 0.1) is 0 Å². The zero-order valence-corrected chi connectivity index (χ0v) is 18.6. The van der Waals surface area contributed by atoms with E-state index >= 15 is 0 Å². The number of aromatic amines is 2. The molecule has 10 nitrogen and oxygen atoms in total. The predicted molar refractivity (Wildman–Crippen MR) is 120 cm³/mol. The number of H-pyrrole nitrogens is 2. The first-order valence-corrected chi connectivity index (χ1v) is 11.9. The third-order valence-corrected chi connectivity index (χ3v) is 5.95. The van der Waals surface area contributed by atoms with Crippen LogP contribution in [0.2, 0.25) is 0 Å². The van der Waals surface area contributed by atoms with E-state index in [-0.39, 0.29) is 5.75 Å². The Morgan fingerprint density at radius 3 is 2.62 bits per heavy atom. The Hall–Kier alpha value is -3.60. The highest BCUT2D eigenvalue weighted by molar-refractivity contribution is 7.90. The van der Waals surface area contributed by atoms with Gasteiger partial charge in [0.25, 0.3) is 0 Å². The first kappa shape index (κ1) is 21.6. The number of pyridine rings is 1. The Morgan fingerprint density at radius 1 is 1.16 bits per heavy atom. The maximum Gasteiger partial charge on any atom is 0.328 e. The number of hydrogen-bond acceptors (Lipinski definition) is 7. The van der Waals surface area contributed by atoms with Gasteiger partial charge in [-0.25, -0.2) is 18.2 Å². The average molecular weight is 458 g/mol. The van der Waals surface area contributed by atoms with E-state index < -0.39 is 21.6 Å². The van der Waals surface area contributed by atoms with Crippen molar-refractivity contribution in [3.63, 3.8) is 0 Å². The number of sulfone groups is 1. The molecular formula is C21H23N5O5S. The topological polar surface area (TPSA) is 132 Å². The van der Waals surface area contributed by atoms with Gasteiger partial charge < -0.3 is 14.5 Å². The number of fused-ring (bicyclic) bond motifs is 1. The third kappa shape index (κ3) is 4.24. The molecule has 2 N–H and O–H groups in total. The van der Waals surface area contributed by atoms with Gasteiger partial charge in [0.15, 0.2) is 17.1 Å². The van der Waals surface area contributed by atoms with Crippen molar-refractivity contribution < 1.29 is 17.9 Å². The number of imidazole rings is 1. The van der Waals surface area contributed by atoms with Crippen LogP contribution in [0.15, 0.2) is 47.7 Å². The fourth-order valence-electron chi connectivity index (χ4n) is 3.64. The van der Waals surface area contributed by atoms with Gasteiger partial charge in [0, 0.05) is 29.8 Å². The minimum Gasteiger partial charge on any atom is -0.493 e. The van der Waals surface area contributed by atoms with E-state index in [1.54, 1.807) is 42.9 Å². The van der Waals surface area contributed by atoms with Crippen molar-refractivity contribution in [2.75, 3.05) is 25.7 Å². The van der Waals surface area contributed by atoms with Crippen LogP contribution in [-0.4, -0.2) is 58.9 Å². The summed E-state index contributed by atoms with van der Waals surface area (Å²) in [5, 5.41) is 6.67. The van der Waals surface area contributed by atoms with Gasteiger partial charge in [-0.1, -0.05) is 6.07 Å². The highest BCUT2D eigenvalue weighted by Gasteiger charge is 2.25. The van der Waals surface area contributed by atoms with Crippen LogP contribution in [0.5, 0.6) is 11.5 Å². The molecule has 4 rings (SSSR count). The van der Waals surface area contributed by atoms with Crippen LogP contribution in [-0.2, 0) is 9.84 Å². The molecule has 0 radical (unpaired) electrons. The molecule has 0 aliphatic heterocycles. The van der Waals surface area contributed by atoms with Crippen LogP contribution in [0.1, 0.15) is 18.5 Å². The Morgan fingerprint density at radius 2 is 1.97 bits per heavy atom. The molecule has 168 valence electrons. The molecule has 0 saturated heterocycles. The summed E-state index contributed by atoms with van der Waals surface area (Å²) in [4.78, 5) is 20.2. The molecule has 3 aromatic heterocycles. The quantitative estimate of drug-likeness (QED) is 0.414.